The zero-order valence-electron chi connectivity index (χ0n) is 14.8. The second kappa shape index (κ2) is 6.75. The number of ether oxygens (including phenoxy) is 2. The van der Waals surface area contributed by atoms with E-state index in [1.54, 1.807) is 27.7 Å². The largest absolute Gasteiger partial charge is 0.479 e. The standard InChI is InChI=1S/C15H24N2O7S/c1-6-17(13(22)24-14(2,3)4)12-16-7-8(18)9(19)15(5,11(20)21)23-10(7)25-12/h7-10,18-19H,6H2,1-5H3,(H,20,21)/t7-,8-,9+,10-,15+/m1/s1. The lowest BCUT2D eigenvalue weighted by Gasteiger charge is -2.42. The fourth-order valence-electron chi connectivity index (χ4n) is 2.52. The zero-order valence-corrected chi connectivity index (χ0v) is 15.6. The number of hydrogen-bond acceptors (Lipinski definition) is 8. The molecule has 0 aromatic rings. The Labute approximate surface area is 150 Å². The maximum absolute atomic E-state index is 12.3. The fraction of sp³-hybridized carbons (Fsp3) is 0.800. The molecule has 0 radical (unpaired) electrons. The van der Waals surface area contributed by atoms with Crippen molar-refractivity contribution < 1.29 is 34.4 Å². The summed E-state index contributed by atoms with van der Waals surface area (Å²) in [6.45, 7) is 8.43. The van der Waals surface area contributed by atoms with E-state index in [2.05, 4.69) is 4.99 Å². The molecule has 9 nitrogen and oxygen atoms in total. The summed E-state index contributed by atoms with van der Waals surface area (Å²) in [6, 6.07) is -0.876. The first kappa shape index (κ1) is 20.0. The molecule has 1 fully saturated rings. The molecule has 0 aliphatic carbocycles. The van der Waals surface area contributed by atoms with Crippen molar-refractivity contribution in [1.29, 1.82) is 0 Å². The van der Waals surface area contributed by atoms with Crippen LogP contribution in [0.25, 0.3) is 0 Å². The summed E-state index contributed by atoms with van der Waals surface area (Å²) < 4.78 is 10.8. The summed E-state index contributed by atoms with van der Waals surface area (Å²) >= 11 is 1.03. The Bertz CT molecular complexity index is 591. The van der Waals surface area contributed by atoms with Crippen LogP contribution >= 0.6 is 11.8 Å². The highest BCUT2D eigenvalue weighted by atomic mass is 32.2. The van der Waals surface area contributed by atoms with Gasteiger partial charge in [0, 0.05) is 6.54 Å². The van der Waals surface area contributed by atoms with Crippen LogP contribution in [0.3, 0.4) is 0 Å². The van der Waals surface area contributed by atoms with Crippen molar-refractivity contribution in [3.8, 4) is 0 Å². The van der Waals surface area contributed by atoms with Gasteiger partial charge in [0.2, 0.25) is 0 Å². The topological polar surface area (TPSA) is 129 Å². The molecule has 0 aromatic carbocycles. The van der Waals surface area contributed by atoms with Crippen LogP contribution in [0, 0.1) is 0 Å². The first-order chi connectivity index (χ1) is 11.4. The first-order valence-corrected chi connectivity index (χ1v) is 8.81. The molecule has 2 rings (SSSR count). The number of carbonyl (C=O) groups excluding carboxylic acids is 1. The average Bonchev–Trinajstić information content (AvgIpc) is 2.87. The quantitative estimate of drug-likeness (QED) is 0.640. The molecule has 2 heterocycles. The van der Waals surface area contributed by atoms with E-state index in [0.717, 1.165) is 11.8 Å². The molecule has 2 aliphatic heterocycles. The summed E-state index contributed by atoms with van der Waals surface area (Å²) in [5, 5.41) is 30.0. The third kappa shape index (κ3) is 3.76. The number of aliphatic hydroxyl groups excluding tert-OH is 2. The van der Waals surface area contributed by atoms with Gasteiger partial charge in [-0.25, -0.2) is 9.59 Å². The third-order valence-electron chi connectivity index (χ3n) is 3.94. The highest BCUT2D eigenvalue weighted by molar-refractivity contribution is 8.14. The molecule has 142 valence electrons. The summed E-state index contributed by atoms with van der Waals surface area (Å²) in [5.41, 5.74) is -3.47. The number of amidine groups is 1. The lowest BCUT2D eigenvalue weighted by atomic mass is 9.88. The summed E-state index contributed by atoms with van der Waals surface area (Å²) in [6.07, 6.45) is -3.68. The van der Waals surface area contributed by atoms with Gasteiger partial charge in [0.1, 0.15) is 29.3 Å². The Hall–Kier alpha value is -1.36. The molecule has 0 unspecified atom stereocenters. The van der Waals surface area contributed by atoms with Crippen molar-refractivity contribution >= 4 is 29.0 Å². The minimum absolute atomic E-state index is 0.257. The number of aliphatic carboxylic acids is 1. The van der Waals surface area contributed by atoms with E-state index < -0.39 is 47.0 Å². The maximum atomic E-state index is 12.3. The van der Waals surface area contributed by atoms with Gasteiger partial charge in [-0.3, -0.25) is 9.89 Å². The van der Waals surface area contributed by atoms with Crippen molar-refractivity contribution in [1.82, 2.24) is 4.90 Å². The van der Waals surface area contributed by atoms with Gasteiger partial charge in [-0.15, -0.1) is 0 Å². The number of amides is 1. The lowest BCUT2D eigenvalue weighted by molar-refractivity contribution is -0.219. The lowest BCUT2D eigenvalue weighted by Crippen LogP contribution is -2.64. The monoisotopic (exact) mass is 376 g/mol. The first-order valence-electron chi connectivity index (χ1n) is 7.93. The molecule has 0 bridgehead atoms. The Kier molecular flexibility index (Phi) is 5.39. The summed E-state index contributed by atoms with van der Waals surface area (Å²) in [5.74, 6) is -1.38. The smallest absolute Gasteiger partial charge is 0.416 e. The van der Waals surface area contributed by atoms with Gasteiger partial charge in [0.15, 0.2) is 10.8 Å². The van der Waals surface area contributed by atoms with Crippen molar-refractivity contribution in [2.45, 2.75) is 69.5 Å². The Morgan fingerprint density at radius 2 is 2.00 bits per heavy atom. The molecule has 0 saturated carbocycles. The number of hydrogen-bond donors (Lipinski definition) is 3. The number of fused-ring (bicyclic) bond motifs is 1. The number of nitrogens with zero attached hydrogens (tertiary/aromatic N) is 2. The van der Waals surface area contributed by atoms with E-state index >= 15 is 0 Å². The van der Waals surface area contributed by atoms with Crippen LogP contribution < -0.4 is 0 Å². The Balaban J connectivity index is 2.22. The van der Waals surface area contributed by atoms with E-state index in [0.29, 0.717) is 0 Å². The number of carboxylic acid groups (broad SMARTS) is 1. The van der Waals surface area contributed by atoms with Gasteiger partial charge in [-0.2, -0.15) is 0 Å². The summed E-state index contributed by atoms with van der Waals surface area (Å²) in [4.78, 5) is 29.3. The van der Waals surface area contributed by atoms with E-state index in [9.17, 15) is 24.9 Å². The number of aliphatic imine (C=N–C) groups is 1. The van der Waals surface area contributed by atoms with E-state index in [1.165, 1.54) is 11.8 Å². The number of carbonyl (C=O) groups is 2. The SMILES string of the molecule is CCN(C(=O)OC(C)(C)C)C1=N[C@@H]2[C@@H](O)[C@H](O)[C@@](C)(C(=O)O)O[C@@H]2S1. The molecule has 1 amide bonds. The van der Waals surface area contributed by atoms with Crippen molar-refractivity contribution in [3.05, 3.63) is 0 Å². The van der Waals surface area contributed by atoms with Gasteiger partial charge in [0.05, 0.1) is 0 Å². The number of carboxylic acids is 1. The minimum atomic E-state index is -1.96. The highest BCUT2D eigenvalue weighted by Crippen LogP contribution is 2.41. The van der Waals surface area contributed by atoms with E-state index in [4.69, 9.17) is 9.47 Å². The molecule has 0 aromatic heterocycles. The van der Waals surface area contributed by atoms with Crippen LogP contribution in [0.4, 0.5) is 4.79 Å². The molecule has 25 heavy (non-hydrogen) atoms. The van der Waals surface area contributed by atoms with Gasteiger partial charge in [-0.05, 0) is 34.6 Å². The molecule has 0 spiro atoms. The number of rotatable bonds is 2. The van der Waals surface area contributed by atoms with Crippen molar-refractivity contribution in [3.63, 3.8) is 0 Å². The summed E-state index contributed by atoms with van der Waals surface area (Å²) in [7, 11) is 0. The Morgan fingerprint density at radius 1 is 1.40 bits per heavy atom. The molecular weight excluding hydrogens is 352 g/mol. The molecular formula is C15H24N2O7S. The van der Waals surface area contributed by atoms with Crippen LogP contribution in [0.1, 0.15) is 34.6 Å². The van der Waals surface area contributed by atoms with Gasteiger partial charge < -0.3 is 24.8 Å². The normalized spacial score (nSPS) is 34.9. The zero-order chi connectivity index (χ0) is 19.2. The third-order valence-corrected chi connectivity index (χ3v) is 5.09. The predicted molar refractivity (Wildman–Crippen MR) is 90.4 cm³/mol. The molecule has 10 heteroatoms. The highest BCUT2D eigenvalue weighted by Gasteiger charge is 2.58. The van der Waals surface area contributed by atoms with Crippen LogP contribution in [0.15, 0.2) is 4.99 Å². The molecule has 1 saturated heterocycles. The number of aliphatic hydroxyl groups is 2. The fourth-order valence-corrected chi connectivity index (χ4v) is 3.85. The van der Waals surface area contributed by atoms with Gasteiger partial charge in [0.25, 0.3) is 0 Å². The van der Waals surface area contributed by atoms with E-state index in [1.807, 2.05) is 0 Å². The van der Waals surface area contributed by atoms with Gasteiger partial charge in [-0.1, -0.05) is 11.8 Å². The van der Waals surface area contributed by atoms with Crippen molar-refractivity contribution in [2.24, 2.45) is 4.99 Å². The molecule has 5 atom stereocenters. The minimum Gasteiger partial charge on any atom is -0.479 e. The van der Waals surface area contributed by atoms with Gasteiger partial charge >= 0.3 is 12.1 Å². The van der Waals surface area contributed by atoms with Crippen LogP contribution in [0.2, 0.25) is 0 Å². The number of thioether (sulfide) groups is 1. The van der Waals surface area contributed by atoms with E-state index in [-0.39, 0.29) is 11.7 Å². The molecule has 3 N–H and O–H groups in total. The molecule has 2 aliphatic rings. The van der Waals surface area contributed by atoms with Crippen LogP contribution in [0.5, 0.6) is 0 Å². The predicted octanol–water partition coefficient (Wildman–Crippen LogP) is 0.636. The average molecular weight is 376 g/mol. The van der Waals surface area contributed by atoms with Crippen LogP contribution in [-0.2, 0) is 14.3 Å². The van der Waals surface area contributed by atoms with Crippen LogP contribution in [-0.4, -0.2) is 78.9 Å². The Morgan fingerprint density at radius 3 is 2.48 bits per heavy atom. The van der Waals surface area contributed by atoms with Crippen molar-refractivity contribution in [2.75, 3.05) is 6.54 Å². The second-order valence-electron chi connectivity index (χ2n) is 7.08. The maximum Gasteiger partial charge on any atom is 0.416 e. The second-order valence-corrected chi connectivity index (χ2v) is 8.14.